The quantitative estimate of drug-likeness (QED) is 0.448. The largest absolute Gasteiger partial charge is 0.376 e. The third kappa shape index (κ3) is 1.92. The summed E-state index contributed by atoms with van der Waals surface area (Å²) in [5, 5.41) is 3.49. The normalized spacial score (nSPS) is 10.1. The van der Waals surface area contributed by atoms with Crippen molar-refractivity contribution in [2.75, 3.05) is 19.0 Å². The summed E-state index contributed by atoms with van der Waals surface area (Å²) in [6.45, 7) is 0.287. The van der Waals surface area contributed by atoms with Crippen molar-refractivity contribution < 1.29 is 0 Å². The van der Waals surface area contributed by atoms with Crippen LogP contribution in [0.1, 0.15) is 5.69 Å². The van der Waals surface area contributed by atoms with E-state index in [1.807, 2.05) is 47.9 Å². The van der Waals surface area contributed by atoms with Crippen molar-refractivity contribution in [1.29, 1.82) is 0 Å². The number of azide groups is 1. The molecule has 82 valence electrons. The fourth-order valence-electron chi connectivity index (χ4n) is 1.48. The summed E-state index contributed by atoms with van der Waals surface area (Å²) in [7, 11) is 3.97. The van der Waals surface area contributed by atoms with Crippen molar-refractivity contribution in [3.05, 3.63) is 40.7 Å². The standard InChI is InChI=1S/C10H12N6/c1-15(2)9-3-4-10-13-8(5-12-14-11)6-16(10)7-9/h3-4,6-7H,5H2,1-2H3. The molecule has 0 atom stereocenters. The van der Waals surface area contributed by atoms with Crippen molar-refractivity contribution in [3.8, 4) is 0 Å². The van der Waals surface area contributed by atoms with Gasteiger partial charge in [0, 0.05) is 31.4 Å². The lowest BCUT2D eigenvalue weighted by Gasteiger charge is -2.11. The second-order valence-corrected chi connectivity index (χ2v) is 3.67. The van der Waals surface area contributed by atoms with Gasteiger partial charge in [0.1, 0.15) is 5.65 Å². The summed E-state index contributed by atoms with van der Waals surface area (Å²) in [6.07, 6.45) is 3.86. The van der Waals surface area contributed by atoms with E-state index in [2.05, 4.69) is 15.0 Å². The van der Waals surface area contributed by atoms with Gasteiger partial charge in [-0.15, -0.1) is 0 Å². The van der Waals surface area contributed by atoms with E-state index in [0.717, 1.165) is 17.0 Å². The molecule has 0 saturated carbocycles. The van der Waals surface area contributed by atoms with Gasteiger partial charge in [0.15, 0.2) is 0 Å². The van der Waals surface area contributed by atoms with E-state index in [-0.39, 0.29) is 6.54 Å². The van der Waals surface area contributed by atoms with Gasteiger partial charge in [-0.3, -0.25) is 0 Å². The van der Waals surface area contributed by atoms with Crippen molar-refractivity contribution >= 4 is 11.3 Å². The molecule has 6 heteroatoms. The summed E-state index contributed by atoms with van der Waals surface area (Å²) in [4.78, 5) is 9.07. The van der Waals surface area contributed by atoms with Crippen molar-refractivity contribution in [2.24, 2.45) is 5.11 Å². The number of pyridine rings is 1. The first-order valence-electron chi connectivity index (χ1n) is 4.86. The van der Waals surface area contributed by atoms with Gasteiger partial charge in [-0.1, -0.05) is 5.11 Å². The van der Waals surface area contributed by atoms with Gasteiger partial charge in [-0.2, -0.15) is 0 Å². The Kier molecular flexibility index (Phi) is 2.66. The molecule has 0 aliphatic carbocycles. The van der Waals surface area contributed by atoms with Crippen LogP contribution in [0, 0.1) is 0 Å². The lowest BCUT2D eigenvalue weighted by atomic mass is 10.4. The minimum atomic E-state index is 0.287. The monoisotopic (exact) mass is 216 g/mol. The van der Waals surface area contributed by atoms with Gasteiger partial charge >= 0.3 is 0 Å². The molecule has 2 aromatic rings. The van der Waals surface area contributed by atoms with Crippen LogP contribution in [0.15, 0.2) is 29.6 Å². The van der Waals surface area contributed by atoms with E-state index in [4.69, 9.17) is 5.53 Å². The smallest absolute Gasteiger partial charge is 0.137 e. The summed E-state index contributed by atoms with van der Waals surface area (Å²) < 4.78 is 1.93. The van der Waals surface area contributed by atoms with Crippen LogP contribution < -0.4 is 4.90 Å². The molecule has 2 aromatic heterocycles. The molecular formula is C10H12N6. The molecule has 0 aliphatic rings. The Labute approximate surface area is 92.8 Å². The highest BCUT2D eigenvalue weighted by Crippen LogP contribution is 2.14. The third-order valence-corrected chi connectivity index (χ3v) is 2.30. The van der Waals surface area contributed by atoms with E-state index < -0.39 is 0 Å². The van der Waals surface area contributed by atoms with Gasteiger partial charge in [0.05, 0.1) is 17.9 Å². The maximum Gasteiger partial charge on any atom is 0.137 e. The second kappa shape index (κ2) is 4.12. The van der Waals surface area contributed by atoms with Crippen LogP contribution in [0.3, 0.4) is 0 Å². The summed E-state index contributed by atoms with van der Waals surface area (Å²) >= 11 is 0. The molecule has 0 spiro atoms. The van der Waals surface area contributed by atoms with Crippen molar-refractivity contribution in [3.63, 3.8) is 0 Å². The molecule has 0 unspecified atom stereocenters. The van der Waals surface area contributed by atoms with Gasteiger partial charge in [0.25, 0.3) is 0 Å². The van der Waals surface area contributed by atoms with Crippen LogP contribution in [0.25, 0.3) is 16.1 Å². The maximum absolute atomic E-state index is 8.24. The highest BCUT2D eigenvalue weighted by molar-refractivity contribution is 5.51. The molecule has 0 bridgehead atoms. The minimum absolute atomic E-state index is 0.287. The predicted molar refractivity (Wildman–Crippen MR) is 62.4 cm³/mol. The zero-order valence-electron chi connectivity index (χ0n) is 9.20. The minimum Gasteiger partial charge on any atom is -0.376 e. The predicted octanol–water partition coefficient (Wildman–Crippen LogP) is 2.21. The highest BCUT2D eigenvalue weighted by Gasteiger charge is 2.02. The Balaban J connectivity index is 2.41. The Morgan fingerprint density at radius 1 is 1.44 bits per heavy atom. The molecule has 0 N–H and O–H groups in total. The van der Waals surface area contributed by atoms with Gasteiger partial charge in [-0.05, 0) is 17.7 Å². The second-order valence-electron chi connectivity index (χ2n) is 3.67. The van der Waals surface area contributed by atoms with Crippen LogP contribution in [-0.4, -0.2) is 23.5 Å². The molecule has 6 nitrogen and oxygen atoms in total. The molecule has 0 radical (unpaired) electrons. The van der Waals surface area contributed by atoms with Gasteiger partial charge in [-0.25, -0.2) is 4.98 Å². The first-order valence-corrected chi connectivity index (χ1v) is 4.86. The molecule has 2 rings (SSSR count). The average Bonchev–Trinajstić information content (AvgIpc) is 2.67. The molecule has 16 heavy (non-hydrogen) atoms. The first kappa shape index (κ1) is 10.3. The fraction of sp³-hybridized carbons (Fsp3) is 0.300. The topological polar surface area (TPSA) is 69.3 Å². The first-order chi connectivity index (χ1) is 7.70. The average molecular weight is 216 g/mol. The summed E-state index contributed by atoms with van der Waals surface area (Å²) in [5.41, 5.74) is 11.0. The number of hydrogen-bond donors (Lipinski definition) is 0. The van der Waals surface area contributed by atoms with Crippen molar-refractivity contribution in [1.82, 2.24) is 9.38 Å². The van der Waals surface area contributed by atoms with Gasteiger partial charge in [0.2, 0.25) is 0 Å². The van der Waals surface area contributed by atoms with Crippen LogP contribution in [0.5, 0.6) is 0 Å². The Hall–Kier alpha value is -2.20. The van der Waals surface area contributed by atoms with E-state index in [1.54, 1.807) is 0 Å². The molecule has 0 aliphatic heterocycles. The molecule has 0 saturated heterocycles. The highest BCUT2D eigenvalue weighted by atomic mass is 15.1. The zero-order chi connectivity index (χ0) is 11.5. The van der Waals surface area contributed by atoms with E-state index in [1.165, 1.54) is 0 Å². The van der Waals surface area contributed by atoms with Crippen molar-refractivity contribution in [2.45, 2.75) is 6.54 Å². The molecule has 0 fully saturated rings. The number of fused-ring (bicyclic) bond motifs is 1. The Bertz CT molecular complexity index is 549. The van der Waals surface area contributed by atoms with Crippen LogP contribution >= 0.6 is 0 Å². The van der Waals surface area contributed by atoms with Crippen LogP contribution in [-0.2, 0) is 6.54 Å². The molecule has 0 amide bonds. The number of rotatable bonds is 3. The third-order valence-electron chi connectivity index (χ3n) is 2.30. The lowest BCUT2D eigenvalue weighted by molar-refractivity contribution is 0.997. The van der Waals surface area contributed by atoms with E-state index in [0.29, 0.717) is 0 Å². The Morgan fingerprint density at radius 2 is 2.25 bits per heavy atom. The number of hydrogen-bond acceptors (Lipinski definition) is 3. The van der Waals surface area contributed by atoms with E-state index >= 15 is 0 Å². The summed E-state index contributed by atoms with van der Waals surface area (Å²) in [5.74, 6) is 0. The zero-order valence-corrected chi connectivity index (χ0v) is 9.20. The number of nitrogens with zero attached hydrogens (tertiary/aromatic N) is 6. The molecular weight excluding hydrogens is 204 g/mol. The molecule has 0 aromatic carbocycles. The number of aromatic nitrogens is 2. The van der Waals surface area contributed by atoms with Crippen LogP contribution in [0.2, 0.25) is 0 Å². The SMILES string of the molecule is CN(C)c1ccc2nc(CN=[N+]=[N-])cn2c1. The maximum atomic E-state index is 8.24. The number of imidazole rings is 1. The van der Waals surface area contributed by atoms with E-state index in [9.17, 15) is 0 Å². The molecule has 2 heterocycles. The summed E-state index contributed by atoms with van der Waals surface area (Å²) in [6, 6.07) is 3.94. The lowest BCUT2D eigenvalue weighted by Crippen LogP contribution is -2.08. The van der Waals surface area contributed by atoms with Gasteiger partial charge < -0.3 is 9.30 Å². The number of anilines is 1. The fourth-order valence-corrected chi connectivity index (χ4v) is 1.48. The Morgan fingerprint density at radius 3 is 2.94 bits per heavy atom. The van der Waals surface area contributed by atoms with Crippen LogP contribution in [0.4, 0.5) is 5.69 Å².